The molecule has 1 N–H and O–H groups in total. The molecule has 1 aliphatic heterocycles. The Morgan fingerprint density at radius 3 is 2.52 bits per heavy atom. The number of anilines is 1. The highest BCUT2D eigenvalue weighted by molar-refractivity contribution is 7.14. The van der Waals surface area contributed by atoms with Crippen LogP contribution in [-0.4, -0.2) is 43.6 Å². The van der Waals surface area contributed by atoms with Crippen LogP contribution in [0.5, 0.6) is 0 Å². The third-order valence-electron chi connectivity index (χ3n) is 3.99. The molecule has 0 atom stereocenters. The van der Waals surface area contributed by atoms with Crippen LogP contribution in [0.15, 0.2) is 52.8 Å². The van der Waals surface area contributed by atoms with Gasteiger partial charge in [0.05, 0.1) is 11.5 Å². The average molecular weight is 328 g/mol. The van der Waals surface area contributed by atoms with E-state index in [9.17, 15) is 0 Å². The van der Waals surface area contributed by atoms with Crippen LogP contribution in [0.4, 0.5) is 5.00 Å². The van der Waals surface area contributed by atoms with Crippen LogP contribution < -0.4 is 10.2 Å². The SMILES string of the molecule is CCNC(=NCc1ccccc1)N1CCN(c2cccs2)CC1. The summed E-state index contributed by atoms with van der Waals surface area (Å²) in [7, 11) is 0. The van der Waals surface area contributed by atoms with Gasteiger partial charge >= 0.3 is 0 Å². The van der Waals surface area contributed by atoms with Crippen molar-refractivity contribution in [2.24, 2.45) is 4.99 Å². The number of benzene rings is 1. The minimum Gasteiger partial charge on any atom is -0.360 e. The summed E-state index contributed by atoms with van der Waals surface area (Å²) < 4.78 is 0. The molecule has 3 rings (SSSR count). The van der Waals surface area contributed by atoms with Gasteiger partial charge in [-0.2, -0.15) is 0 Å². The van der Waals surface area contributed by atoms with Crippen molar-refractivity contribution in [2.45, 2.75) is 13.5 Å². The Bertz CT molecular complexity index is 601. The van der Waals surface area contributed by atoms with Gasteiger partial charge in [-0.1, -0.05) is 30.3 Å². The summed E-state index contributed by atoms with van der Waals surface area (Å²) in [5.41, 5.74) is 1.25. The van der Waals surface area contributed by atoms with E-state index in [0.717, 1.165) is 45.2 Å². The first-order valence-electron chi connectivity index (χ1n) is 8.22. The van der Waals surface area contributed by atoms with Gasteiger partial charge < -0.3 is 15.1 Å². The minimum absolute atomic E-state index is 0.730. The van der Waals surface area contributed by atoms with Crippen LogP contribution in [-0.2, 0) is 6.54 Å². The lowest BCUT2D eigenvalue weighted by Crippen LogP contribution is -2.52. The van der Waals surface area contributed by atoms with E-state index >= 15 is 0 Å². The molecule has 122 valence electrons. The van der Waals surface area contributed by atoms with E-state index in [4.69, 9.17) is 4.99 Å². The van der Waals surface area contributed by atoms with Gasteiger partial charge in [-0.05, 0) is 30.0 Å². The van der Waals surface area contributed by atoms with Crippen LogP contribution >= 0.6 is 11.3 Å². The molecule has 0 spiro atoms. The van der Waals surface area contributed by atoms with E-state index in [2.05, 4.69) is 63.8 Å². The van der Waals surface area contributed by atoms with Gasteiger partial charge in [0.1, 0.15) is 0 Å². The molecule has 2 aromatic rings. The molecule has 23 heavy (non-hydrogen) atoms. The van der Waals surface area contributed by atoms with E-state index in [1.54, 1.807) is 0 Å². The number of hydrogen-bond donors (Lipinski definition) is 1. The molecule has 0 bridgehead atoms. The normalized spacial score (nSPS) is 15.8. The second-order valence-corrected chi connectivity index (χ2v) is 6.51. The molecule has 0 aliphatic carbocycles. The smallest absolute Gasteiger partial charge is 0.194 e. The van der Waals surface area contributed by atoms with Crippen LogP contribution in [0.3, 0.4) is 0 Å². The van der Waals surface area contributed by atoms with Gasteiger partial charge in [0.25, 0.3) is 0 Å². The van der Waals surface area contributed by atoms with Crippen LogP contribution in [0.1, 0.15) is 12.5 Å². The number of rotatable bonds is 4. The van der Waals surface area contributed by atoms with Gasteiger partial charge in [0, 0.05) is 32.7 Å². The quantitative estimate of drug-likeness (QED) is 0.691. The first-order valence-corrected chi connectivity index (χ1v) is 9.10. The van der Waals surface area contributed by atoms with Crippen molar-refractivity contribution in [3.8, 4) is 0 Å². The Hall–Kier alpha value is -2.01. The summed E-state index contributed by atoms with van der Waals surface area (Å²) in [6.07, 6.45) is 0. The van der Waals surface area contributed by atoms with Crippen LogP contribution in [0, 0.1) is 0 Å². The number of nitrogens with zero attached hydrogens (tertiary/aromatic N) is 3. The Balaban J connectivity index is 1.60. The van der Waals surface area contributed by atoms with Gasteiger partial charge in [0.2, 0.25) is 0 Å². The lowest BCUT2D eigenvalue weighted by Gasteiger charge is -2.37. The predicted octanol–water partition coefficient (Wildman–Crippen LogP) is 3.04. The van der Waals surface area contributed by atoms with Crippen molar-refractivity contribution in [1.29, 1.82) is 0 Å². The summed E-state index contributed by atoms with van der Waals surface area (Å²) in [6.45, 7) is 7.89. The molecular weight excluding hydrogens is 304 g/mol. The monoisotopic (exact) mass is 328 g/mol. The molecule has 0 amide bonds. The lowest BCUT2D eigenvalue weighted by molar-refractivity contribution is 0.373. The van der Waals surface area contributed by atoms with Gasteiger partial charge in [0.15, 0.2) is 5.96 Å². The second-order valence-electron chi connectivity index (χ2n) is 5.58. The lowest BCUT2D eigenvalue weighted by atomic mass is 10.2. The van der Waals surface area contributed by atoms with Gasteiger partial charge in [-0.25, -0.2) is 4.99 Å². The van der Waals surface area contributed by atoms with Gasteiger partial charge in [-0.3, -0.25) is 0 Å². The Labute approximate surface area is 142 Å². The van der Waals surface area contributed by atoms with Crippen LogP contribution in [0.25, 0.3) is 0 Å². The summed E-state index contributed by atoms with van der Waals surface area (Å²) in [4.78, 5) is 9.64. The number of aliphatic imine (C=N–C) groups is 1. The van der Waals surface area contributed by atoms with Crippen molar-refractivity contribution in [2.75, 3.05) is 37.6 Å². The minimum atomic E-state index is 0.730. The maximum atomic E-state index is 4.81. The van der Waals surface area contributed by atoms with E-state index in [1.165, 1.54) is 10.6 Å². The molecule has 0 saturated carbocycles. The second kappa shape index (κ2) is 8.02. The van der Waals surface area contributed by atoms with E-state index in [-0.39, 0.29) is 0 Å². The molecule has 0 radical (unpaired) electrons. The Kier molecular flexibility index (Phi) is 5.53. The summed E-state index contributed by atoms with van der Waals surface area (Å²) in [6, 6.07) is 14.8. The molecule has 4 nitrogen and oxygen atoms in total. The maximum absolute atomic E-state index is 4.81. The van der Waals surface area contributed by atoms with Crippen molar-refractivity contribution >= 4 is 22.3 Å². The number of guanidine groups is 1. The number of nitrogens with one attached hydrogen (secondary N) is 1. The molecule has 1 fully saturated rings. The summed E-state index contributed by atoms with van der Waals surface area (Å²) in [5.74, 6) is 1.03. The highest BCUT2D eigenvalue weighted by atomic mass is 32.1. The molecule has 0 unspecified atom stereocenters. The number of hydrogen-bond acceptors (Lipinski definition) is 3. The summed E-state index contributed by atoms with van der Waals surface area (Å²) in [5, 5.41) is 6.95. The number of piperazine rings is 1. The fourth-order valence-corrected chi connectivity index (χ4v) is 3.55. The standard InChI is InChI=1S/C18H24N4S/c1-2-19-18(20-15-16-7-4-3-5-8-16)22-12-10-21(11-13-22)17-9-6-14-23-17/h3-9,14H,2,10-13,15H2,1H3,(H,19,20). The maximum Gasteiger partial charge on any atom is 0.194 e. The molecule has 2 heterocycles. The van der Waals surface area contributed by atoms with Crippen molar-refractivity contribution in [3.05, 3.63) is 53.4 Å². The van der Waals surface area contributed by atoms with Crippen molar-refractivity contribution < 1.29 is 0 Å². The van der Waals surface area contributed by atoms with Gasteiger partial charge in [-0.15, -0.1) is 11.3 Å². The Morgan fingerprint density at radius 2 is 1.87 bits per heavy atom. The van der Waals surface area contributed by atoms with Crippen LogP contribution in [0.2, 0.25) is 0 Å². The van der Waals surface area contributed by atoms with Crippen molar-refractivity contribution in [1.82, 2.24) is 10.2 Å². The zero-order valence-corrected chi connectivity index (χ0v) is 14.4. The molecule has 1 saturated heterocycles. The molecule has 5 heteroatoms. The average Bonchev–Trinajstić information content (AvgIpc) is 3.14. The molecule has 1 aromatic carbocycles. The molecular formula is C18H24N4S. The zero-order chi connectivity index (χ0) is 15.9. The summed E-state index contributed by atoms with van der Waals surface area (Å²) >= 11 is 1.82. The first kappa shape index (κ1) is 15.9. The van der Waals surface area contributed by atoms with E-state index in [0.29, 0.717) is 0 Å². The predicted molar refractivity (Wildman–Crippen MR) is 99.4 cm³/mol. The number of thiophene rings is 1. The fraction of sp³-hybridized carbons (Fsp3) is 0.389. The topological polar surface area (TPSA) is 30.9 Å². The largest absolute Gasteiger partial charge is 0.360 e. The molecule has 1 aliphatic rings. The van der Waals surface area contributed by atoms with E-state index < -0.39 is 0 Å². The third kappa shape index (κ3) is 4.26. The third-order valence-corrected chi connectivity index (χ3v) is 4.92. The zero-order valence-electron chi connectivity index (χ0n) is 13.6. The highest BCUT2D eigenvalue weighted by Gasteiger charge is 2.20. The molecule has 1 aromatic heterocycles. The van der Waals surface area contributed by atoms with E-state index in [1.807, 2.05) is 17.4 Å². The highest BCUT2D eigenvalue weighted by Crippen LogP contribution is 2.22. The Morgan fingerprint density at radius 1 is 1.09 bits per heavy atom. The van der Waals surface area contributed by atoms with Crippen molar-refractivity contribution in [3.63, 3.8) is 0 Å². The first-order chi connectivity index (χ1) is 11.4. The fourth-order valence-electron chi connectivity index (χ4n) is 2.76.